The van der Waals surface area contributed by atoms with E-state index in [4.69, 9.17) is 48.4 Å². The van der Waals surface area contributed by atoms with E-state index in [0.29, 0.717) is 6.61 Å². The average molecular weight is 923 g/mol. The van der Waals surface area contributed by atoms with Crippen molar-refractivity contribution in [1.29, 1.82) is 0 Å². The molecule has 2 saturated heterocycles. The van der Waals surface area contributed by atoms with E-state index in [1.54, 1.807) is 0 Å². The minimum absolute atomic E-state index is 0.0715. The van der Waals surface area contributed by atoms with Crippen LogP contribution in [0.1, 0.15) is 40.3 Å². The molecular formula is C56H62N2O10. The molecule has 10 unspecified atom stereocenters. The summed E-state index contributed by atoms with van der Waals surface area (Å²) in [5.74, 6) is -0.299. The molecule has 6 aromatic rings. The van der Waals surface area contributed by atoms with Crippen molar-refractivity contribution in [3.05, 3.63) is 215 Å². The molecule has 356 valence electrons. The van der Waals surface area contributed by atoms with Gasteiger partial charge in [-0.05, 0) is 33.4 Å². The highest BCUT2D eigenvalue weighted by Crippen LogP contribution is 2.36. The van der Waals surface area contributed by atoms with Gasteiger partial charge in [-0.2, -0.15) is 0 Å². The van der Waals surface area contributed by atoms with Gasteiger partial charge >= 0.3 is 0 Å². The summed E-state index contributed by atoms with van der Waals surface area (Å²) in [5.41, 5.74) is 12.3. The lowest BCUT2D eigenvalue weighted by atomic mass is 9.94. The van der Waals surface area contributed by atoms with Crippen LogP contribution in [0.5, 0.6) is 0 Å². The number of nitrogens with one attached hydrogen (secondary N) is 1. The smallest absolute Gasteiger partial charge is 0.217 e. The second-order valence-electron chi connectivity index (χ2n) is 17.0. The van der Waals surface area contributed by atoms with Gasteiger partial charge < -0.3 is 53.7 Å². The Morgan fingerprint density at radius 1 is 0.441 bits per heavy atom. The first-order valence-corrected chi connectivity index (χ1v) is 23.3. The standard InChI is InChI=1S/C56H62N2O10/c1-40(59)58-49-52(62-35-43-24-12-4-13-25-43)51(48(39-60-33-41-20-8-2-9-21-41)67-55(49)65-38-46-30-18-7-19-31-46)68-56-54(64-37-45-28-16-6-17-29-45)53(63-36-44-26-14-5-15-27-44)50(47(32-57)66-56)61-34-42-22-10-3-11-23-42/h2-31,47-56H,32-39,57H2,1H3,(H,58,59). The summed E-state index contributed by atoms with van der Waals surface area (Å²) in [6.45, 7) is 3.06. The fourth-order valence-corrected chi connectivity index (χ4v) is 8.52. The van der Waals surface area contributed by atoms with Gasteiger partial charge in [-0.1, -0.05) is 182 Å². The van der Waals surface area contributed by atoms with E-state index in [1.165, 1.54) is 6.92 Å². The second kappa shape index (κ2) is 25.7. The number of amides is 1. The molecule has 2 heterocycles. The number of carbonyl (C=O) groups is 1. The van der Waals surface area contributed by atoms with Gasteiger partial charge in [0.15, 0.2) is 12.6 Å². The van der Waals surface area contributed by atoms with Crippen LogP contribution in [0.15, 0.2) is 182 Å². The fourth-order valence-electron chi connectivity index (χ4n) is 8.52. The number of benzene rings is 6. The molecule has 68 heavy (non-hydrogen) atoms. The molecule has 2 aliphatic rings. The molecule has 0 saturated carbocycles. The van der Waals surface area contributed by atoms with Crippen molar-refractivity contribution in [3.8, 4) is 0 Å². The molecule has 2 fully saturated rings. The molecule has 8 rings (SSSR count). The molecule has 10 atom stereocenters. The number of hydrogen-bond donors (Lipinski definition) is 2. The van der Waals surface area contributed by atoms with Crippen LogP contribution in [0.3, 0.4) is 0 Å². The van der Waals surface area contributed by atoms with Gasteiger partial charge in [-0.25, -0.2) is 0 Å². The topological polar surface area (TPSA) is 138 Å². The Kier molecular flexibility index (Phi) is 18.4. The van der Waals surface area contributed by atoms with E-state index in [2.05, 4.69) is 5.32 Å². The summed E-state index contributed by atoms with van der Waals surface area (Å²) in [6.07, 6.45) is -7.71. The van der Waals surface area contributed by atoms with Crippen molar-refractivity contribution in [2.45, 2.75) is 108 Å². The molecule has 1 amide bonds. The highest BCUT2D eigenvalue weighted by atomic mass is 16.8. The summed E-state index contributed by atoms with van der Waals surface area (Å²) in [6, 6.07) is 58.5. The molecule has 3 N–H and O–H groups in total. The maximum Gasteiger partial charge on any atom is 0.217 e. The SMILES string of the molecule is CC(=O)NC1C(OCc2ccccc2)OC(COCc2ccccc2)C(OC2OC(CN)C(OCc3ccccc3)C(OCc3ccccc3)C2OCc2ccccc2)C1OCc1ccccc1. The van der Waals surface area contributed by atoms with E-state index in [1.807, 2.05) is 182 Å². The van der Waals surface area contributed by atoms with Gasteiger partial charge in [-0.3, -0.25) is 4.79 Å². The predicted octanol–water partition coefficient (Wildman–Crippen LogP) is 8.06. The fraction of sp³-hybridized carbons (Fsp3) is 0.339. The lowest BCUT2D eigenvalue weighted by molar-refractivity contribution is -0.362. The average Bonchev–Trinajstić information content (AvgIpc) is 3.38. The van der Waals surface area contributed by atoms with Crippen LogP contribution in [0.25, 0.3) is 0 Å². The number of hydrogen-bond acceptors (Lipinski definition) is 11. The zero-order chi connectivity index (χ0) is 46.8. The molecule has 0 spiro atoms. The van der Waals surface area contributed by atoms with Crippen LogP contribution in [-0.2, 0) is 87.1 Å². The van der Waals surface area contributed by atoms with Crippen LogP contribution in [0.4, 0.5) is 0 Å². The molecule has 12 nitrogen and oxygen atoms in total. The van der Waals surface area contributed by atoms with Crippen LogP contribution < -0.4 is 11.1 Å². The summed E-state index contributed by atoms with van der Waals surface area (Å²) >= 11 is 0. The molecular weight excluding hydrogens is 861 g/mol. The van der Waals surface area contributed by atoms with Crippen molar-refractivity contribution in [1.82, 2.24) is 5.32 Å². The Morgan fingerprint density at radius 3 is 1.24 bits per heavy atom. The summed E-state index contributed by atoms with van der Waals surface area (Å²) < 4.78 is 61.8. The van der Waals surface area contributed by atoms with E-state index in [-0.39, 0.29) is 52.1 Å². The first kappa shape index (κ1) is 48.8. The first-order valence-electron chi connectivity index (χ1n) is 23.3. The van der Waals surface area contributed by atoms with Gasteiger partial charge in [0, 0.05) is 13.5 Å². The van der Waals surface area contributed by atoms with Gasteiger partial charge in [0.05, 0.1) is 46.2 Å². The van der Waals surface area contributed by atoms with Crippen LogP contribution in [0, 0.1) is 0 Å². The van der Waals surface area contributed by atoms with E-state index >= 15 is 0 Å². The maximum atomic E-state index is 13.2. The zero-order valence-electron chi connectivity index (χ0n) is 38.4. The van der Waals surface area contributed by atoms with Gasteiger partial charge in [-0.15, -0.1) is 0 Å². The summed E-state index contributed by atoms with van der Waals surface area (Å²) in [7, 11) is 0. The first-order chi connectivity index (χ1) is 33.5. The van der Waals surface area contributed by atoms with Crippen molar-refractivity contribution in [2.75, 3.05) is 13.2 Å². The lowest BCUT2D eigenvalue weighted by Crippen LogP contribution is -2.68. The largest absolute Gasteiger partial charge is 0.374 e. The Morgan fingerprint density at radius 2 is 0.809 bits per heavy atom. The molecule has 0 bridgehead atoms. The van der Waals surface area contributed by atoms with E-state index in [9.17, 15) is 4.79 Å². The highest BCUT2D eigenvalue weighted by Gasteiger charge is 2.54. The number of rotatable bonds is 23. The van der Waals surface area contributed by atoms with E-state index < -0.39 is 61.3 Å². The molecule has 6 aromatic carbocycles. The second-order valence-corrected chi connectivity index (χ2v) is 17.0. The van der Waals surface area contributed by atoms with Crippen LogP contribution >= 0.6 is 0 Å². The Balaban J connectivity index is 1.17. The number of nitrogens with two attached hydrogens (primary N) is 1. The summed E-state index contributed by atoms with van der Waals surface area (Å²) in [5, 5.41) is 3.12. The minimum Gasteiger partial charge on any atom is -0.374 e. The zero-order valence-corrected chi connectivity index (χ0v) is 38.4. The Hall–Kier alpha value is -5.61. The highest BCUT2D eigenvalue weighted by molar-refractivity contribution is 5.73. The Labute approximate surface area is 399 Å². The van der Waals surface area contributed by atoms with Crippen molar-refractivity contribution in [2.24, 2.45) is 5.73 Å². The third kappa shape index (κ3) is 14.0. The maximum absolute atomic E-state index is 13.2. The van der Waals surface area contributed by atoms with Gasteiger partial charge in [0.1, 0.15) is 48.8 Å². The number of ether oxygens (including phenoxy) is 9. The van der Waals surface area contributed by atoms with Crippen molar-refractivity contribution >= 4 is 5.91 Å². The molecule has 0 aliphatic carbocycles. The van der Waals surface area contributed by atoms with Gasteiger partial charge in [0.25, 0.3) is 0 Å². The number of carbonyl (C=O) groups excluding carboxylic acids is 1. The van der Waals surface area contributed by atoms with E-state index in [0.717, 1.165) is 33.4 Å². The van der Waals surface area contributed by atoms with Crippen molar-refractivity contribution < 1.29 is 47.4 Å². The van der Waals surface area contributed by atoms with Crippen molar-refractivity contribution in [3.63, 3.8) is 0 Å². The summed E-state index contributed by atoms with van der Waals surface area (Å²) in [4.78, 5) is 13.2. The normalized spacial score (nSPS) is 24.9. The predicted molar refractivity (Wildman–Crippen MR) is 256 cm³/mol. The quantitative estimate of drug-likeness (QED) is 0.0646. The van der Waals surface area contributed by atoms with Gasteiger partial charge in [0.2, 0.25) is 5.91 Å². The lowest BCUT2D eigenvalue weighted by Gasteiger charge is -2.50. The van der Waals surface area contributed by atoms with Crippen LogP contribution in [0.2, 0.25) is 0 Å². The molecule has 2 aliphatic heterocycles. The Bertz CT molecular complexity index is 2340. The van der Waals surface area contributed by atoms with Crippen LogP contribution in [-0.4, -0.2) is 80.4 Å². The minimum atomic E-state index is -1.11. The third-order valence-electron chi connectivity index (χ3n) is 11.9. The monoisotopic (exact) mass is 922 g/mol. The third-order valence-corrected chi connectivity index (χ3v) is 11.9. The molecule has 0 radical (unpaired) electrons. The molecule has 12 heteroatoms. The molecule has 0 aromatic heterocycles.